The average molecular weight is 436 g/mol. The molecule has 0 atom stereocenters. The number of carbonyl (C=O) groups excluding carboxylic acids is 1. The van der Waals surface area contributed by atoms with Crippen LogP contribution in [0.4, 0.5) is 10.1 Å². The quantitative estimate of drug-likeness (QED) is 0.596. The summed E-state index contributed by atoms with van der Waals surface area (Å²) >= 11 is 1.50. The summed E-state index contributed by atoms with van der Waals surface area (Å²) in [6, 6.07) is 16.4. The maximum absolute atomic E-state index is 13.9. The Kier molecular flexibility index (Phi) is 5.92. The summed E-state index contributed by atoms with van der Waals surface area (Å²) in [4.78, 5) is 18.7. The van der Waals surface area contributed by atoms with E-state index in [1.54, 1.807) is 19.2 Å². The van der Waals surface area contributed by atoms with E-state index >= 15 is 0 Å². The molecule has 5 nitrogen and oxygen atoms in total. The second-order valence-electron chi connectivity index (χ2n) is 7.33. The zero-order valence-electron chi connectivity index (χ0n) is 17.4. The molecule has 158 valence electrons. The fraction of sp³-hybridized carbons (Fsp3) is 0.250. The van der Waals surface area contributed by atoms with Crippen molar-refractivity contribution in [2.75, 3.05) is 38.2 Å². The number of halogens is 1. The van der Waals surface area contributed by atoms with Gasteiger partial charge in [0.15, 0.2) is 0 Å². The molecular weight excluding hydrogens is 413 g/mol. The number of benzene rings is 2. The maximum atomic E-state index is 13.9. The highest BCUT2D eigenvalue weighted by Crippen LogP contribution is 2.33. The van der Waals surface area contributed by atoms with Crippen LogP contribution in [0.5, 0.6) is 5.75 Å². The van der Waals surface area contributed by atoms with Gasteiger partial charge < -0.3 is 14.5 Å². The summed E-state index contributed by atoms with van der Waals surface area (Å²) in [5, 5.41) is 9.28. The predicted molar refractivity (Wildman–Crippen MR) is 120 cm³/mol. The van der Waals surface area contributed by atoms with Gasteiger partial charge in [0.05, 0.1) is 17.7 Å². The molecule has 0 unspecified atom stereocenters. The van der Waals surface area contributed by atoms with E-state index in [1.807, 2.05) is 53.1 Å². The number of piperazine rings is 1. The average Bonchev–Trinajstić information content (AvgIpc) is 3.20. The molecule has 4 rings (SSSR count). The van der Waals surface area contributed by atoms with Gasteiger partial charge >= 0.3 is 0 Å². The largest absolute Gasteiger partial charge is 0.497 e. The number of nitrogens with zero attached hydrogens (tertiary/aromatic N) is 3. The molecular formula is C24H22FN3O2S. The van der Waals surface area contributed by atoms with Gasteiger partial charge in [-0.25, -0.2) is 4.39 Å². The van der Waals surface area contributed by atoms with Gasteiger partial charge in [0, 0.05) is 31.1 Å². The Labute approximate surface area is 184 Å². The monoisotopic (exact) mass is 435 g/mol. The highest BCUT2D eigenvalue weighted by atomic mass is 32.1. The van der Waals surface area contributed by atoms with E-state index in [0.717, 1.165) is 21.8 Å². The SMILES string of the molecule is COc1ccc(-c2cc(C(=O)N3CCN(c4cccc(F)c4C#N)CC3)sc2C)cc1. The number of rotatable bonds is 4. The van der Waals surface area contributed by atoms with E-state index in [9.17, 15) is 14.4 Å². The van der Waals surface area contributed by atoms with E-state index in [-0.39, 0.29) is 11.5 Å². The van der Waals surface area contributed by atoms with Crippen molar-refractivity contribution in [1.82, 2.24) is 4.90 Å². The van der Waals surface area contributed by atoms with Crippen LogP contribution in [0, 0.1) is 24.1 Å². The van der Waals surface area contributed by atoms with Crippen LogP contribution in [0.1, 0.15) is 20.1 Å². The van der Waals surface area contributed by atoms with Crippen molar-refractivity contribution in [2.24, 2.45) is 0 Å². The molecule has 7 heteroatoms. The van der Waals surface area contributed by atoms with Gasteiger partial charge in [-0.15, -0.1) is 11.3 Å². The number of amides is 1. The third-order valence-electron chi connectivity index (χ3n) is 5.54. The minimum absolute atomic E-state index is 0.00672. The Morgan fingerprint density at radius 3 is 2.48 bits per heavy atom. The van der Waals surface area contributed by atoms with Gasteiger partial charge in [0.2, 0.25) is 0 Å². The number of nitriles is 1. The van der Waals surface area contributed by atoms with Gasteiger partial charge in [0.25, 0.3) is 5.91 Å². The van der Waals surface area contributed by atoms with Crippen molar-refractivity contribution in [1.29, 1.82) is 5.26 Å². The zero-order valence-corrected chi connectivity index (χ0v) is 18.2. The fourth-order valence-electron chi connectivity index (χ4n) is 3.84. The number of aryl methyl sites for hydroxylation is 1. The highest BCUT2D eigenvalue weighted by molar-refractivity contribution is 7.14. The van der Waals surface area contributed by atoms with E-state index < -0.39 is 5.82 Å². The van der Waals surface area contributed by atoms with Crippen molar-refractivity contribution in [3.63, 3.8) is 0 Å². The molecule has 0 aliphatic carbocycles. The summed E-state index contributed by atoms with van der Waals surface area (Å²) in [7, 11) is 1.64. The van der Waals surface area contributed by atoms with Crippen LogP contribution >= 0.6 is 11.3 Å². The Bertz CT molecular complexity index is 1140. The first kappa shape index (κ1) is 20.9. The predicted octanol–water partition coefficient (Wildman–Crippen LogP) is 4.71. The van der Waals surface area contributed by atoms with E-state index in [4.69, 9.17) is 4.74 Å². The first-order valence-electron chi connectivity index (χ1n) is 9.99. The Hall–Kier alpha value is -3.37. The van der Waals surface area contributed by atoms with E-state index in [0.29, 0.717) is 36.7 Å². The van der Waals surface area contributed by atoms with Crippen LogP contribution < -0.4 is 9.64 Å². The van der Waals surface area contributed by atoms with E-state index in [1.165, 1.54) is 17.4 Å². The number of anilines is 1. The van der Waals surface area contributed by atoms with E-state index in [2.05, 4.69) is 0 Å². The molecule has 31 heavy (non-hydrogen) atoms. The van der Waals surface area contributed by atoms with Gasteiger partial charge in [0.1, 0.15) is 23.2 Å². The molecule has 1 aromatic heterocycles. The lowest BCUT2D eigenvalue weighted by molar-refractivity contribution is 0.0751. The van der Waals surface area contributed by atoms with Crippen molar-refractivity contribution >= 4 is 22.9 Å². The molecule has 0 bridgehead atoms. The second kappa shape index (κ2) is 8.78. The molecule has 2 heterocycles. The minimum atomic E-state index is -0.515. The summed E-state index contributed by atoms with van der Waals surface area (Å²) in [6.45, 7) is 4.18. The molecule has 0 N–H and O–H groups in total. The molecule has 0 spiro atoms. The van der Waals surface area contributed by atoms with Crippen LogP contribution in [0.25, 0.3) is 11.1 Å². The van der Waals surface area contributed by atoms with Gasteiger partial charge in [-0.1, -0.05) is 18.2 Å². The lowest BCUT2D eigenvalue weighted by Gasteiger charge is -2.36. The third-order valence-corrected chi connectivity index (χ3v) is 6.58. The summed E-state index contributed by atoms with van der Waals surface area (Å²) < 4.78 is 19.2. The third kappa shape index (κ3) is 4.12. The molecule has 2 aromatic carbocycles. The minimum Gasteiger partial charge on any atom is -0.497 e. The summed E-state index contributed by atoms with van der Waals surface area (Å²) in [6.07, 6.45) is 0. The molecule has 1 saturated heterocycles. The number of thiophene rings is 1. The van der Waals surface area contributed by atoms with Crippen molar-refractivity contribution < 1.29 is 13.9 Å². The first-order valence-corrected chi connectivity index (χ1v) is 10.8. The van der Waals surface area contributed by atoms with Crippen LogP contribution in [0.3, 0.4) is 0 Å². The zero-order chi connectivity index (χ0) is 22.0. The van der Waals surface area contributed by atoms with Crippen LogP contribution in [0.15, 0.2) is 48.5 Å². The molecule has 0 radical (unpaired) electrons. The number of methoxy groups -OCH3 is 1. The van der Waals surface area contributed by atoms with Crippen molar-refractivity contribution in [3.8, 4) is 22.9 Å². The van der Waals surface area contributed by atoms with Crippen molar-refractivity contribution in [2.45, 2.75) is 6.92 Å². The fourth-order valence-corrected chi connectivity index (χ4v) is 4.85. The van der Waals surface area contributed by atoms with Crippen molar-refractivity contribution in [3.05, 3.63) is 69.7 Å². The molecule has 1 aliphatic rings. The van der Waals surface area contributed by atoms with Gasteiger partial charge in [-0.2, -0.15) is 5.26 Å². The molecule has 3 aromatic rings. The number of hydrogen-bond acceptors (Lipinski definition) is 5. The molecule has 1 fully saturated rings. The Morgan fingerprint density at radius 1 is 1.13 bits per heavy atom. The topological polar surface area (TPSA) is 56.6 Å². The molecule has 0 saturated carbocycles. The standard InChI is InChI=1S/C24H22FN3O2S/c1-16-19(17-6-8-18(30-2)9-7-17)14-23(31-16)24(29)28-12-10-27(11-13-28)22-5-3-4-21(25)20(22)15-26/h3-9,14H,10-13H2,1-2H3. The summed E-state index contributed by atoms with van der Waals surface area (Å²) in [5.74, 6) is 0.287. The highest BCUT2D eigenvalue weighted by Gasteiger charge is 2.26. The lowest BCUT2D eigenvalue weighted by atomic mass is 10.1. The number of carbonyl (C=O) groups is 1. The Balaban J connectivity index is 1.47. The smallest absolute Gasteiger partial charge is 0.264 e. The first-order chi connectivity index (χ1) is 15.0. The normalized spacial score (nSPS) is 13.7. The molecule has 1 amide bonds. The lowest BCUT2D eigenvalue weighted by Crippen LogP contribution is -2.48. The van der Waals surface area contributed by atoms with Crippen LogP contribution in [-0.2, 0) is 0 Å². The number of ether oxygens (including phenoxy) is 1. The second-order valence-corrected chi connectivity index (χ2v) is 8.59. The van der Waals surface area contributed by atoms with Crippen LogP contribution in [0.2, 0.25) is 0 Å². The van der Waals surface area contributed by atoms with Gasteiger partial charge in [-0.05, 0) is 48.4 Å². The number of hydrogen-bond donors (Lipinski definition) is 0. The van der Waals surface area contributed by atoms with Gasteiger partial charge in [-0.3, -0.25) is 4.79 Å². The maximum Gasteiger partial charge on any atom is 0.264 e. The Morgan fingerprint density at radius 2 is 1.84 bits per heavy atom. The summed E-state index contributed by atoms with van der Waals surface area (Å²) in [5.41, 5.74) is 2.74. The molecule has 1 aliphatic heterocycles. The van der Waals surface area contributed by atoms with Crippen LogP contribution in [-0.4, -0.2) is 44.1 Å².